The number of rotatable bonds is 7. The molecular formula is C20H20FN5O3. The Balaban J connectivity index is 1.90. The molecule has 9 heteroatoms. The van der Waals surface area contributed by atoms with Crippen LogP contribution in [0.25, 0.3) is 27.8 Å². The van der Waals surface area contributed by atoms with E-state index in [1.165, 1.54) is 12.1 Å². The normalized spacial score (nSPS) is 11.6. The summed E-state index contributed by atoms with van der Waals surface area (Å²) >= 11 is 0. The number of hydrogen-bond donors (Lipinski definition) is 0. The maximum absolute atomic E-state index is 13.4. The van der Waals surface area contributed by atoms with Crippen molar-refractivity contribution in [1.29, 1.82) is 0 Å². The lowest BCUT2D eigenvalue weighted by molar-refractivity contribution is 0.181. The molecule has 4 rings (SSSR count). The molecule has 0 bridgehead atoms. The quantitative estimate of drug-likeness (QED) is 0.446. The number of hydrogen-bond acceptors (Lipinski definition) is 6. The molecule has 0 saturated carbocycles. The van der Waals surface area contributed by atoms with Crippen LogP contribution in [-0.4, -0.2) is 45.2 Å². The van der Waals surface area contributed by atoms with E-state index >= 15 is 0 Å². The first-order valence-corrected chi connectivity index (χ1v) is 9.15. The van der Waals surface area contributed by atoms with E-state index in [0.717, 1.165) is 5.56 Å². The SMILES string of the molecule is COCCCn1ccc2c(nnc3c(-c4ccc(F)cc4)c(COC)nn32)c1=O. The molecule has 0 aliphatic rings. The highest BCUT2D eigenvalue weighted by Crippen LogP contribution is 2.29. The van der Waals surface area contributed by atoms with Gasteiger partial charge in [0.2, 0.25) is 0 Å². The molecule has 0 radical (unpaired) electrons. The van der Waals surface area contributed by atoms with Crippen LogP contribution < -0.4 is 5.56 Å². The Hall–Kier alpha value is -3.17. The van der Waals surface area contributed by atoms with E-state index in [-0.39, 0.29) is 23.5 Å². The van der Waals surface area contributed by atoms with E-state index in [9.17, 15) is 9.18 Å². The summed E-state index contributed by atoms with van der Waals surface area (Å²) in [6, 6.07) is 7.87. The average molecular weight is 397 g/mol. The number of halogens is 1. The van der Waals surface area contributed by atoms with E-state index in [1.807, 2.05) is 0 Å². The van der Waals surface area contributed by atoms with Gasteiger partial charge >= 0.3 is 0 Å². The van der Waals surface area contributed by atoms with Crippen LogP contribution in [0.15, 0.2) is 41.3 Å². The lowest BCUT2D eigenvalue weighted by Gasteiger charge is -2.07. The summed E-state index contributed by atoms with van der Waals surface area (Å²) in [4.78, 5) is 12.8. The molecule has 0 fully saturated rings. The molecule has 0 atom stereocenters. The van der Waals surface area contributed by atoms with Crippen LogP contribution in [0.4, 0.5) is 4.39 Å². The van der Waals surface area contributed by atoms with Crippen molar-refractivity contribution in [3.63, 3.8) is 0 Å². The largest absolute Gasteiger partial charge is 0.385 e. The zero-order valence-electron chi connectivity index (χ0n) is 16.1. The third kappa shape index (κ3) is 3.50. The van der Waals surface area contributed by atoms with Crippen LogP contribution in [0.3, 0.4) is 0 Å². The number of fused-ring (bicyclic) bond motifs is 3. The van der Waals surface area contributed by atoms with Gasteiger partial charge in [-0.05, 0) is 30.2 Å². The number of nitrogens with zero attached hydrogens (tertiary/aromatic N) is 5. The van der Waals surface area contributed by atoms with Gasteiger partial charge in [-0.2, -0.15) is 5.10 Å². The predicted octanol–water partition coefficient (Wildman–Crippen LogP) is 2.43. The van der Waals surface area contributed by atoms with Gasteiger partial charge in [0.1, 0.15) is 11.3 Å². The highest BCUT2D eigenvalue weighted by atomic mass is 19.1. The van der Waals surface area contributed by atoms with Crippen molar-refractivity contribution in [1.82, 2.24) is 24.4 Å². The molecule has 3 heterocycles. The van der Waals surface area contributed by atoms with Gasteiger partial charge in [-0.15, -0.1) is 10.2 Å². The summed E-state index contributed by atoms with van der Waals surface area (Å²) in [5.41, 5.74) is 3.10. The number of methoxy groups -OCH3 is 2. The van der Waals surface area contributed by atoms with Crippen molar-refractivity contribution in [2.45, 2.75) is 19.6 Å². The van der Waals surface area contributed by atoms with Crippen LogP contribution in [0.5, 0.6) is 0 Å². The number of aryl methyl sites for hydroxylation is 1. The van der Waals surface area contributed by atoms with Gasteiger partial charge in [0.15, 0.2) is 11.2 Å². The summed E-state index contributed by atoms with van der Waals surface area (Å²) < 4.78 is 26.9. The fraction of sp³-hybridized carbons (Fsp3) is 0.300. The maximum Gasteiger partial charge on any atom is 0.280 e. The second-order valence-electron chi connectivity index (χ2n) is 6.59. The monoisotopic (exact) mass is 397 g/mol. The third-order valence-electron chi connectivity index (χ3n) is 4.69. The summed E-state index contributed by atoms with van der Waals surface area (Å²) in [6.07, 6.45) is 2.43. The van der Waals surface area contributed by atoms with Crippen molar-refractivity contribution in [2.24, 2.45) is 0 Å². The molecule has 0 aliphatic heterocycles. The van der Waals surface area contributed by atoms with Gasteiger partial charge in [0, 0.05) is 33.6 Å². The van der Waals surface area contributed by atoms with Gasteiger partial charge in [-0.1, -0.05) is 12.1 Å². The second kappa shape index (κ2) is 8.06. The van der Waals surface area contributed by atoms with Gasteiger partial charge in [0.25, 0.3) is 5.56 Å². The summed E-state index contributed by atoms with van der Waals surface area (Å²) in [5, 5.41) is 13.1. The zero-order valence-corrected chi connectivity index (χ0v) is 16.1. The maximum atomic E-state index is 13.4. The van der Waals surface area contributed by atoms with E-state index in [1.54, 1.807) is 47.7 Å². The highest BCUT2D eigenvalue weighted by Gasteiger charge is 2.19. The Morgan fingerprint density at radius 3 is 2.59 bits per heavy atom. The van der Waals surface area contributed by atoms with Crippen LogP contribution in [-0.2, 0) is 22.6 Å². The zero-order chi connectivity index (χ0) is 20.4. The van der Waals surface area contributed by atoms with Crippen molar-refractivity contribution in [2.75, 3.05) is 20.8 Å². The molecule has 3 aromatic heterocycles. The topological polar surface area (TPSA) is 83.5 Å². The van der Waals surface area contributed by atoms with Crippen LogP contribution >= 0.6 is 0 Å². The minimum Gasteiger partial charge on any atom is -0.385 e. The van der Waals surface area contributed by atoms with Crippen molar-refractivity contribution in [3.8, 4) is 11.1 Å². The van der Waals surface area contributed by atoms with Gasteiger partial charge in [-0.25, -0.2) is 8.91 Å². The fourth-order valence-corrected chi connectivity index (χ4v) is 3.33. The first-order chi connectivity index (χ1) is 14.1. The minimum absolute atomic E-state index is 0.231. The van der Waals surface area contributed by atoms with Crippen molar-refractivity contribution >= 4 is 16.7 Å². The Kier molecular flexibility index (Phi) is 5.32. The van der Waals surface area contributed by atoms with Gasteiger partial charge in [0.05, 0.1) is 17.9 Å². The van der Waals surface area contributed by atoms with Gasteiger partial charge in [-0.3, -0.25) is 4.79 Å². The Bertz CT molecular complexity index is 1220. The molecule has 4 aromatic rings. The van der Waals surface area contributed by atoms with Crippen LogP contribution in [0, 0.1) is 5.82 Å². The van der Waals surface area contributed by atoms with Crippen LogP contribution in [0.1, 0.15) is 12.1 Å². The first kappa shape index (κ1) is 19.2. The summed E-state index contributed by atoms with van der Waals surface area (Å²) in [6.45, 7) is 1.33. The molecule has 0 unspecified atom stereocenters. The standard InChI is InChI=1S/C20H20FN5O3/c1-28-11-3-9-25-10-8-16-18(20(25)27)22-23-19-17(13-4-6-14(21)7-5-13)15(12-29-2)24-26(16)19/h4-8,10H,3,9,11-12H2,1-2H3. The predicted molar refractivity (Wildman–Crippen MR) is 105 cm³/mol. The average Bonchev–Trinajstić information content (AvgIpc) is 3.09. The second-order valence-corrected chi connectivity index (χ2v) is 6.59. The Morgan fingerprint density at radius 1 is 1.07 bits per heavy atom. The fourth-order valence-electron chi connectivity index (χ4n) is 3.33. The first-order valence-electron chi connectivity index (χ1n) is 9.15. The number of ether oxygens (including phenoxy) is 2. The summed E-state index contributed by atoms with van der Waals surface area (Å²) in [5.74, 6) is -0.330. The Labute approximate surface area is 165 Å². The van der Waals surface area contributed by atoms with E-state index in [4.69, 9.17) is 9.47 Å². The molecule has 29 heavy (non-hydrogen) atoms. The number of pyridine rings is 1. The molecular weight excluding hydrogens is 377 g/mol. The van der Waals surface area contributed by atoms with Crippen molar-refractivity contribution in [3.05, 3.63) is 58.4 Å². The molecule has 0 amide bonds. The molecule has 0 aliphatic carbocycles. The smallest absolute Gasteiger partial charge is 0.280 e. The molecule has 8 nitrogen and oxygen atoms in total. The lowest BCUT2D eigenvalue weighted by Crippen LogP contribution is -2.22. The molecule has 1 aromatic carbocycles. The number of aromatic nitrogens is 5. The van der Waals surface area contributed by atoms with E-state index in [0.29, 0.717) is 42.0 Å². The lowest BCUT2D eigenvalue weighted by atomic mass is 10.1. The molecule has 0 saturated heterocycles. The van der Waals surface area contributed by atoms with Crippen molar-refractivity contribution < 1.29 is 13.9 Å². The molecule has 150 valence electrons. The minimum atomic E-state index is -0.330. The Morgan fingerprint density at radius 2 is 1.86 bits per heavy atom. The van der Waals surface area contributed by atoms with E-state index < -0.39 is 0 Å². The van der Waals surface area contributed by atoms with E-state index in [2.05, 4.69) is 15.3 Å². The highest BCUT2D eigenvalue weighted by molar-refractivity contribution is 5.84. The number of benzene rings is 1. The van der Waals surface area contributed by atoms with Crippen LogP contribution in [0.2, 0.25) is 0 Å². The van der Waals surface area contributed by atoms with Gasteiger partial charge < -0.3 is 14.0 Å². The molecule has 0 N–H and O–H groups in total. The summed E-state index contributed by atoms with van der Waals surface area (Å²) in [7, 11) is 3.19. The molecule has 0 spiro atoms. The third-order valence-corrected chi connectivity index (χ3v) is 4.69.